The molecule has 0 saturated heterocycles. The number of furan rings is 1. The molecule has 0 fully saturated rings. The summed E-state index contributed by atoms with van der Waals surface area (Å²) in [5.41, 5.74) is 6.57. The van der Waals surface area contributed by atoms with E-state index in [0.717, 1.165) is 60.5 Å². The van der Waals surface area contributed by atoms with Crippen molar-refractivity contribution in [2.24, 2.45) is 0 Å². The van der Waals surface area contributed by atoms with Gasteiger partial charge in [-0.3, -0.25) is 0 Å². The lowest BCUT2D eigenvalue weighted by Gasteiger charge is -2.13. The van der Waals surface area contributed by atoms with Gasteiger partial charge in [-0.2, -0.15) is 0 Å². The number of aromatic nitrogens is 3. The first kappa shape index (κ1) is 25.4. The Morgan fingerprint density at radius 2 is 0.933 bits per heavy atom. The summed E-state index contributed by atoms with van der Waals surface area (Å²) in [6.45, 7) is 0. The van der Waals surface area contributed by atoms with E-state index in [9.17, 15) is 0 Å². The molecular formula is C41H25N3O. The molecule has 2 aromatic heterocycles. The largest absolute Gasteiger partial charge is 0.456 e. The molecule has 0 bridgehead atoms. The van der Waals surface area contributed by atoms with E-state index in [4.69, 9.17) is 19.4 Å². The Morgan fingerprint density at radius 1 is 0.356 bits per heavy atom. The Labute approximate surface area is 259 Å². The van der Waals surface area contributed by atoms with Gasteiger partial charge in [0.05, 0.1) is 0 Å². The second kappa shape index (κ2) is 10.2. The zero-order valence-electron chi connectivity index (χ0n) is 24.2. The van der Waals surface area contributed by atoms with Crippen LogP contribution in [0, 0.1) is 0 Å². The van der Waals surface area contributed by atoms with E-state index >= 15 is 0 Å². The highest BCUT2D eigenvalue weighted by atomic mass is 16.3. The third kappa shape index (κ3) is 4.27. The molecule has 0 spiro atoms. The molecule has 0 radical (unpaired) electrons. The van der Waals surface area contributed by atoms with Crippen LogP contribution in [-0.2, 0) is 0 Å². The van der Waals surface area contributed by atoms with E-state index in [2.05, 4.69) is 97.1 Å². The second-order valence-electron chi connectivity index (χ2n) is 11.2. The van der Waals surface area contributed by atoms with E-state index in [1.54, 1.807) is 0 Å². The Kier molecular flexibility index (Phi) is 5.78. The van der Waals surface area contributed by atoms with Crippen molar-refractivity contribution in [1.29, 1.82) is 0 Å². The van der Waals surface area contributed by atoms with Crippen LogP contribution in [-0.4, -0.2) is 15.0 Å². The van der Waals surface area contributed by atoms with Crippen LogP contribution in [0.3, 0.4) is 0 Å². The van der Waals surface area contributed by atoms with Crippen molar-refractivity contribution in [2.45, 2.75) is 0 Å². The number of benzene rings is 7. The maximum Gasteiger partial charge on any atom is 0.164 e. The monoisotopic (exact) mass is 575 g/mol. The summed E-state index contributed by atoms with van der Waals surface area (Å²) < 4.78 is 6.44. The Balaban J connectivity index is 1.39. The van der Waals surface area contributed by atoms with Crippen molar-refractivity contribution in [2.75, 3.05) is 0 Å². The molecule has 45 heavy (non-hydrogen) atoms. The van der Waals surface area contributed by atoms with Gasteiger partial charge in [-0.25, -0.2) is 15.0 Å². The van der Waals surface area contributed by atoms with Gasteiger partial charge in [0.1, 0.15) is 11.2 Å². The third-order valence-corrected chi connectivity index (χ3v) is 8.50. The average molecular weight is 576 g/mol. The van der Waals surface area contributed by atoms with Crippen LogP contribution in [0.2, 0.25) is 0 Å². The molecule has 210 valence electrons. The quantitative estimate of drug-likeness (QED) is 0.196. The van der Waals surface area contributed by atoms with Crippen LogP contribution in [0.25, 0.3) is 88.8 Å². The standard InChI is InChI=1S/C41H25N3O/c1-3-13-26(14-4-1)29-24-35(38-33-21-11-12-22-36(33)45-37(38)25-29)41-43-39(27-15-5-2-6-16-27)42-40(44-41)34-23-28-17-7-8-18-30(28)31-19-9-10-20-32(31)34/h1-25H. The third-order valence-electron chi connectivity index (χ3n) is 8.50. The molecular weight excluding hydrogens is 550 g/mol. The Bertz CT molecular complexity index is 2540. The summed E-state index contributed by atoms with van der Waals surface area (Å²) in [6.07, 6.45) is 0. The summed E-state index contributed by atoms with van der Waals surface area (Å²) in [5.74, 6) is 1.86. The number of nitrogens with zero attached hydrogens (tertiary/aromatic N) is 3. The van der Waals surface area contributed by atoms with E-state index in [-0.39, 0.29) is 0 Å². The summed E-state index contributed by atoms with van der Waals surface area (Å²) in [7, 11) is 0. The van der Waals surface area contributed by atoms with Crippen molar-refractivity contribution in [3.63, 3.8) is 0 Å². The number of para-hydroxylation sites is 1. The van der Waals surface area contributed by atoms with Crippen molar-refractivity contribution in [3.8, 4) is 45.3 Å². The molecule has 4 heteroatoms. The molecule has 4 nitrogen and oxygen atoms in total. The topological polar surface area (TPSA) is 51.8 Å². The Morgan fingerprint density at radius 3 is 1.71 bits per heavy atom. The zero-order chi connectivity index (χ0) is 29.7. The molecule has 9 aromatic rings. The molecule has 0 atom stereocenters. The predicted octanol–water partition coefficient (Wildman–Crippen LogP) is 10.7. The molecule has 0 amide bonds. The maximum atomic E-state index is 6.44. The van der Waals surface area contributed by atoms with Crippen molar-refractivity contribution < 1.29 is 4.42 Å². The number of hydrogen-bond acceptors (Lipinski definition) is 4. The van der Waals surface area contributed by atoms with Gasteiger partial charge in [-0.15, -0.1) is 0 Å². The van der Waals surface area contributed by atoms with Crippen LogP contribution < -0.4 is 0 Å². The first-order valence-electron chi connectivity index (χ1n) is 15.0. The van der Waals surface area contributed by atoms with Crippen LogP contribution in [0.1, 0.15) is 0 Å². The van der Waals surface area contributed by atoms with Crippen LogP contribution >= 0.6 is 0 Å². The van der Waals surface area contributed by atoms with E-state index in [1.165, 1.54) is 10.8 Å². The van der Waals surface area contributed by atoms with Crippen LogP contribution in [0.15, 0.2) is 156 Å². The smallest absolute Gasteiger partial charge is 0.164 e. The van der Waals surface area contributed by atoms with Crippen LogP contribution in [0.4, 0.5) is 0 Å². The van der Waals surface area contributed by atoms with Gasteiger partial charge in [-0.05, 0) is 56.9 Å². The first-order valence-corrected chi connectivity index (χ1v) is 15.0. The average Bonchev–Trinajstić information content (AvgIpc) is 3.50. The number of hydrogen-bond donors (Lipinski definition) is 0. The van der Waals surface area contributed by atoms with Crippen molar-refractivity contribution >= 4 is 43.5 Å². The minimum absolute atomic E-state index is 0.602. The highest BCUT2D eigenvalue weighted by Crippen LogP contribution is 2.40. The SMILES string of the molecule is c1ccc(-c2cc(-c3nc(-c4ccccc4)nc(-c4cc5ccccc5c5ccccc45)n3)c3c(c2)oc2ccccc23)cc1. The van der Waals surface area contributed by atoms with E-state index in [1.807, 2.05) is 54.6 Å². The second-order valence-corrected chi connectivity index (χ2v) is 11.2. The fourth-order valence-corrected chi connectivity index (χ4v) is 6.40. The molecule has 2 heterocycles. The summed E-state index contributed by atoms with van der Waals surface area (Å²) in [4.78, 5) is 15.5. The maximum absolute atomic E-state index is 6.44. The van der Waals surface area contributed by atoms with Gasteiger partial charge in [0.25, 0.3) is 0 Å². The molecule has 0 aliphatic carbocycles. The summed E-state index contributed by atoms with van der Waals surface area (Å²) in [5, 5.41) is 6.64. The van der Waals surface area contributed by atoms with Crippen LogP contribution in [0.5, 0.6) is 0 Å². The van der Waals surface area contributed by atoms with Crippen molar-refractivity contribution in [3.05, 3.63) is 152 Å². The zero-order valence-corrected chi connectivity index (χ0v) is 24.2. The highest BCUT2D eigenvalue weighted by molar-refractivity contribution is 6.14. The van der Waals surface area contributed by atoms with E-state index in [0.29, 0.717) is 17.5 Å². The first-order chi connectivity index (χ1) is 22.3. The lowest BCUT2D eigenvalue weighted by Crippen LogP contribution is -2.01. The normalized spacial score (nSPS) is 11.6. The van der Waals surface area contributed by atoms with Gasteiger partial charge in [0, 0.05) is 27.5 Å². The molecule has 0 N–H and O–H groups in total. The summed E-state index contributed by atoms with van der Waals surface area (Å²) in [6, 6.07) is 52.1. The van der Waals surface area contributed by atoms with Gasteiger partial charge in [0.2, 0.25) is 0 Å². The Hall–Kier alpha value is -6.13. The molecule has 0 unspecified atom stereocenters. The minimum Gasteiger partial charge on any atom is -0.456 e. The van der Waals surface area contributed by atoms with Gasteiger partial charge in [0.15, 0.2) is 17.5 Å². The predicted molar refractivity (Wildman–Crippen MR) is 184 cm³/mol. The van der Waals surface area contributed by atoms with Gasteiger partial charge >= 0.3 is 0 Å². The summed E-state index contributed by atoms with van der Waals surface area (Å²) >= 11 is 0. The fourth-order valence-electron chi connectivity index (χ4n) is 6.40. The highest BCUT2D eigenvalue weighted by Gasteiger charge is 2.20. The molecule has 0 aliphatic rings. The van der Waals surface area contributed by atoms with Gasteiger partial charge < -0.3 is 4.42 Å². The van der Waals surface area contributed by atoms with Crippen molar-refractivity contribution in [1.82, 2.24) is 15.0 Å². The fraction of sp³-hybridized carbons (Fsp3) is 0. The van der Waals surface area contributed by atoms with E-state index < -0.39 is 0 Å². The lowest BCUT2D eigenvalue weighted by atomic mass is 9.96. The number of fused-ring (bicyclic) bond motifs is 6. The lowest BCUT2D eigenvalue weighted by molar-refractivity contribution is 0.669. The molecule has 0 saturated carbocycles. The number of rotatable bonds is 4. The minimum atomic E-state index is 0.602. The molecule has 7 aromatic carbocycles. The molecule has 9 rings (SSSR count). The van der Waals surface area contributed by atoms with Gasteiger partial charge in [-0.1, -0.05) is 127 Å². The molecule has 0 aliphatic heterocycles.